The number of rotatable bonds is 6. The summed E-state index contributed by atoms with van der Waals surface area (Å²) in [6.45, 7) is 5.31. The maximum absolute atomic E-state index is 11.3. The number of nitro groups is 1. The summed E-state index contributed by atoms with van der Waals surface area (Å²) in [5.41, 5.74) is 1.67. The summed E-state index contributed by atoms with van der Waals surface area (Å²) in [6.07, 6.45) is 1.51. The third-order valence-corrected chi connectivity index (χ3v) is 3.53. The highest BCUT2D eigenvalue weighted by atomic mass is 16.6. The van der Waals surface area contributed by atoms with Gasteiger partial charge in [-0.15, -0.1) is 0 Å². The minimum Gasteiger partial charge on any atom is -0.506 e. The van der Waals surface area contributed by atoms with Crippen molar-refractivity contribution < 1.29 is 10.0 Å². The molecule has 6 heteroatoms. The monoisotopic (exact) mass is 313 g/mol. The Morgan fingerprint density at radius 2 is 1.91 bits per heavy atom. The molecule has 0 saturated heterocycles. The van der Waals surface area contributed by atoms with E-state index in [9.17, 15) is 15.2 Å². The third-order valence-electron chi connectivity index (χ3n) is 3.53. The van der Waals surface area contributed by atoms with Gasteiger partial charge in [-0.05, 0) is 37.6 Å². The molecule has 1 N–H and O–H groups in total. The molecule has 0 aliphatic heterocycles. The zero-order chi connectivity index (χ0) is 16.8. The van der Waals surface area contributed by atoms with Gasteiger partial charge >= 0.3 is 0 Å². The normalized spacial score (nSPS) is 10.9. The molecule has 0 amide bonds. The number of aromatic hydroxyl groups is 1. The van der Waals surface area contributed by atoms with Crippen LogP contribution in [0, 0.1) is 10.1 Å². The fourth-order valence-corrected chi connectivity index (χ4v) is 2.32. The number of hydrogen-bond donors (Lipinski definition) is 1. The molecule has 0 fully saturated rings. The summed E-state index contributed by atoms with van der Waals surface area (Å²) in [6, 6.07) is 11.7. The second-order valence-corrected chi connectivity index (χ2v) is 4.92. The minimum atomic E-state index is -0.384. The Morgan fingerprint density at radius 3 is 2.52 bits per heavy atom. The van der Waals surface area contributed by atoms with Crippen LogP contribution in [0.4, 0.5) is 17.1 Å². The second kappa shape index (κ2) is 7.40. The molecule has 0 spiro atoms. The van der Waals surface area contributed by atoms with Gasteiger partial charge in [0.05, 0.1) is 4.92 Å². The van der Waals surface area contributed by atoms with E-state index >= 15 is 0 Å². The molecule has 0 saturated carbocycles. The van der Waals surface area contributed by atoms with Crippen molar-refractivity contribution in [2.24, 2.45) is 4.99 Å². The van der Waals surface area contributed by atoms with Gasteiger partial charge in [-0.25, -0.2) is 0 Å². The lowest BCUT2D eigenvalue weighted by Crippen LogP contribution is -2.22. The summed E-state index contributed by atoms with van der Waals surface area (Å²) in [7, 11) is 0. The number of para-hydroxylation sites is 2. The summed E-state index contributed by atoms with van der Waals surface area (Å²) >= 11 is 0. The van der Waals surface area contributed by atoms with Crippen molar-refractivity contribution in [1.82, 2.24) is 0 Å². The van der Waals surface area contributed by atoms with Gasteiger partial charge in [0.1, 0.15) is 17.1 Å². The van der Waals surface area contributed by atoms with Crippen LogP contribution in [0.2, 0.25) is 0 Å². The van der Waals surface area contributed by atoms with Gasteiger partial charge in [-0.2, -0.15) is 0 Å². The summed E-state index contributed by atoms with van der Waals surface area (Å²) in [4.78, 5) is 17.1. The minimum absolute atomic E-state index is 0.0509. The van der Waals surface area contributed by atoms with Crippen LogP contribution in [0.15, 0.2) is 47.5 Å². The molecule has 2 rings (SSSR count). The highest BCUT2D eigenvalue weighted by Crippen LogP contribution is 2.29. The Bertz CT molecular complexity index is 725. The summed E-state index contributed by atoms with van der Waals surface area (Å²) in [5.74, 6) is 0.0676. The van der Waals surface area contributed by atoms with Crippen LogP contribution in [0.5, 0.6) is 5.75 Å². The first-order chi connectivity index (χ1) is 11.1. The van der Waals surface area contributed by atoms with Crippen molar-refractivity contribution in [2.45, 2.75) is 13.8 Å². The molecule has 0 aliphatic rings. The smallest absolute Gasteiger partial charge is 0.293 e. The Labute approximate surface area is 134 Å². The Morgan fingerprint density at radius 1 is 1.22 bits per heavy atom. The predicted molar refractivity (Wildman–Crippen MR) is 92.0 cm³/mol. The SMILES string of the molecule is CCN(CC)c1ccc(C=Nc2ccccc2O)cc1[N+](=O)[O-]. The molecule has 0 bridgehead atoms. The predicted octanol–water partition coefficient (Wildman–Crippen LogP) is 3.90. The number of hydrogen-bond acceptors (Lipinski definition) is 5. The van der Waals surface area contributed by atoms with Crippen molar-refractivity contribution >= 4 is 23.3 Å². The van der Waals surface area contributed by atoms with Crippen molar-refractivity contribution in [2.75, 3.05) is 18.0 Å². The fraction of sp³-hybridized carbons (Fsp3) is 0.235. The highest BCUT2D eigenvalue weighted by molar-refractivity contribution is 5.85. The molecule has 0 atom stereocenters. The largest absolute Gasteiger partial charge is 0.506 e. The van der Waals surface area contributed by atoms with E-state index in [1.165, 1.54) is 12.3 Å². The van der Waals surface area contributed by atoms with Gasteiger partial charge in [0.2, 0.25) is 0 Å². The lowest BCUT2D eigenvalue weighted by atomic mass is 10.1. The van der Waals surface area contributed by atoms with E-state index in [1.54, 1.807) is 36.4 Å². The molecule has 120 valence electrons. The molecule has 0 heterocycles. The number of anilines is 1. The highest BCUT2D eigenvalue weighted by Gasteiger charge is 2.18. The quantitative estimate of drug-likeness (QED) is 0.498. The molecule has 6 nitrogen and oxygen atoms in total. The molecule has 0 aromatic heterocycles. The van der Waals surface area contributed by atoms with Crippen LogP contribution in [-0.4, -0.2) is 29.3 Å². The van der Waals surface area contributed by atoms with Gasteiger partial charge in [-0.3, -0.25) is 15.1 Å². The molecule has 2 aromatic rings. The van der Waals surface area contributed by atoms with E-state index in [4.69, 9.17) is 0 Å². The lowest BCUT2D eigenvalue weighted by molar-refractivity contribution is -0.384. The van der Waals surface area contributed by atoms with E-state index in [0.29, 0.717) is 30.0 Å². The molecular weight excluding hydrogens is 294 g/mol. The van der Waals surface area contributed by atoms with E-state index in [2.05, 4.69) is 4.99 Å². The van der Waals surface area contributed by atoms with Crippen LogP contribution >= 0.6 is 0 Å². The molecule has 0 aliphatic carbocycles. The van der Waals surface area contributed by atoms with E-state index in [1.807, 2.05) is 18.7 Å². The van der Waals surface area contributed by atoms with E-state index in [-0.39, 0.29) is 16.4 Å². The number of benzene rings is 2. The first kappa shape index (κ1) is 16.5. The molecule has 23 heavy (non-hydrogen) atoms. The van der Waals surface area contributed by atoms with Gasteiger partial charge in [-0.1, -0.05) is 18.2 Å². The Hall–Kier alpha value is -2.89. The van der Waals surface area contributed by atoms with Crippen LogP contribution in [0.1, 0.15) is 19.4 Å². The first-order valence-electron chi connectivity index (χ1n) is 7.42. The van der Waals surface area contributed by atoms with Crippen LogP contribution in [0.25, 0.3) is 0 Å². The van der Waals surface area contributed by atoms with Crippen LogP contribution in [-0.2, 0) is 0 Å². The topological polar surface area (TPSA) is 79.0 Å². The maximum Gasteiger partial charge on any atom is 0.293 e. The third kappa shape index (κ3) is 3.85. The molecule has 0 unspecified atom stereocenters. The summed E-state index contributed by atoms with van der Waals surface area (Å²) < 4.78 is 0. The number of aliphatic imine (C=N–C) groups is 1. The number of nitrogens with zero attached hydrogens (tertiary/aromatic N) is 3. The zero-order valence-electron chi connectivity index (χ0n) is 13.1. The van der Waals surface area contributed by atoms with Crippen LogP contribution < -0.4 is 4.90 Å². The van der Waals surface area contributed by atoms with E-state index < -0.39 is 0 Å². The number of phenols is 1. The standard InChI is InChI=1S/C17H19N3O3/c1-3-19(4-2)15-10-9-13(11-16(15)20(22)23)12-18-14-7-5-6-8-17(14)21/h5-12,21H,3-4H2,1-2H3. The Kier molecular flexibility index (Phi) is 5.30. The first-order valence-corrected chi connectivity index (χ1v) is 7.42. The molecule has 2 aromatic carbocycles. The van der Waals surface area contributed by atoms with Gasteiger partial charge in [0.15, 0.2) is 0 Å². The summed E-state index contributed by atoms with van der Waals surface area (Å²) in [5, 5.41) is 21.0. The number of nitro benzene ring substituents is 1. The average molecular weight is 313 g/mol. The van der Waals surface area contributed by atoms with Gasteiger partial charge in [0, 0.05) is 25.4 Å². The van der Waals surface area contributed by atoms with Gasteiger partial charge < -0.3 is 10.0 Å². The van der Waals surface area contributed by atoms with E-state index in [0.717, 1.165) is 0 Å². The van der Waals surface area contributed by atoms with Crippen molar-refractivity contribution in [3.8, 4) is 5.75 Å². The fourth-order valence-electron chi connectivity index (χ4n) is 2.32. The van der Waals surface area contributed by atoms with Crippen molar-refractivity contribution in [3.05, 3.63) is 58.1 Å². The average Bonchev–Trinajstić information content (AvgIpc) is 2.56. The van der Waals surface area contributed by atoms with Crippen molar-refractivity contribution in [1.29, 1.82) is 0 Å². The molecule has 0 radical (unpaired) electrons. The lowest BCUT2D eigenvalue weighted by Gasteiger charge is -2.20. The van der Waals surface area contributed by atoms with Gasteiger partial charge in [0.25, 0.3) is 5.69 Å². The Balaban J connectivity index is 2.36. The maximum atomic E-state index is 11.3. The molecular formula is C17H19N3O3. The van der Waals surface area contributed by atoms with Crippen LogP contribution in [0.3, 0.4) is 0 Å². The number of phenolic OH excluding ortho intramolecular Hbond substituents is 1. The second-order valence-electron chi connectivity index (χ2n) is 4.92. The zero-order valence-corrected chi connectivity index (χ0v) is 13.1. The van der Waals surface area contributed by atoms with Crippen molar-refractivity contribution in [3.63, 3.8) is 0 Å².